The second-order valence-corrected chi connectivity index (χ2v) is 6.45. The van der Waals surface area contributed by atoms with Crippen LogP contribution < -0.4 is 0 Å². The molecule has 1 aromatic carbocycles. The van der Waals surface area contributed by atoms with E-state index in [1.807, 2.05) is 23.1 Å². The zero-order chi connectivity index (χ0) is 17.4. The molecule has 0 N–H and O–H groups in total. The van der Waals surface area contributed by atoms with Crippen molar-refractivity contribution in [2.45, 2.75) is 19.3 Å². The van der Waals surface area contributed by atoms with Crippen LogP contribution in [-0.4, -0.2) is 48.4 Å². The van der Waals surface area contributed by atoms with E-state index in [1.54, 1.807) is 6.07 Å². The van der Waals surface area contributed by atoms with Crippen molar-refractivity contribution in [2.75, 3.05) is 32.7 Å². The van der Waals surface area contributed by atoms with Crippen molar-refractivity contribution < 1.29 is 4.79 Å². The maximum Gasteiger partial charge on any atom is 0.227 e. The Morgan fingerprint density at radius 3 is 2.62 bits per heavy atom. The van der Waals surface area contributed by atoms with Gasteiger partial charge in [0, 0.05) is 44.2 Å². The third-order valence-electron chi connectivity index (χ3n) is 4.24. The molecule has 24 heavy (non-hydrogen) atoms. The Labute approximate surface area is 148 Å². The number of carbonyl (C=O) groups excluding carboxylic acids is 1. The van der Waals surface area contributed by atoms with Gasteiger partial charge in [0.2, 0.25) is 5.91 Å². The monoisotopic (exact) mass is 344 g/mol. The minimum atomic E-state index is -0.113. The van der Waals surface area contributed by atoms with Crippen LogP contribution in [-0.2, 0) is 11.2 Å². The van der Waals surface area contributed by atoms with E-state index in [0.717, 1.165) is 18.7 Å². The number of rotatable bonds is 6. The average Bonchev–Trinajstić information content (AvgIpc) is 2.59. The molecule has 0 aliphatic carbocycles. The molecule has 6 heteroatoms. The fraction of sp³-hybridized carbons (Fsp3) is 0.500. The van der Waals surface area contributed by atoms with E-state index in [0.29, 0.717) is 43.9 Å². The van der Waals surface area contributed by atoms with Gasteiger partial charge in [-0.25, -0.2) is 0 Å². The molecular weight excluding hydrogens is 324 g/mol. The highest BCUT2D eigenvalue weighted by atomic mass is 35.5. The number of amides is 1. The number of nitriles is 2. The molecule has 126 valence electrons. The second-order valence-electron chi connectivity index (χ2n) is 6.01. The number of piperazine rings is 1. The van der Waals surface area contributed by atoms with Crippen molar-refractivity contribution in [3.63, 3.8) is 0 Å². The van der Waals surface area contributed by atoms with Crippen LogP contribution >= 0.6 is 11.6 Å². The summed E-state index contributed by atoms with van der Waals surface area (Å²) in [5.74, 6) is -0.00316. The van der Waals surface area contributed by atoms with Gasteiger partial charge in [0.15, 0.2) is 0 Å². The highest BCUT2D eigenvalue weighted by molar-refractivity contribution is 6.30. The van der Waals surface area contributed by atoms with Gasteiger partial charge in [-0.15, -0.1) is 0 Å². The lowest BCUT2D eigenvalue weighted by molar-refractivity contribution is -0.132. The molecule has 1 saturated heterocycles. The Morgan fingerprint density at radius 2 is 2.00 bits per heavy atom. The molecule has 0 saturated carbocycles. The standard InChI is InChI=1S/C18H21ClN4O/c19-17-5-1-3-15(11-17)12-18(24)23-9-7-22(8-10-23)14-16(13-21)4-2-6-20/h1,3,5,11,16H,2,4,7-10,12,14H2/t16-/m1/s1. The van der Waals surface area contributed by atoms with Gasteiger partial charge in [0.05, 0.1) is 24.5 Å². The third kappa shape index (κ3) is 5.53. The summed E-state index contributed by atoms with van der Waals surface area (Å²) < 4.78 is 0. The van der Waals surface area contributed by atoms with E-state index in [-0.39, 0.29) is 11.8 Å². The Morgan fingerprint density at radius 1 is 1.25 bits per heavy atom. The summed E-state index contributed by atoms with van der Waals surface area (Å²) in [6, 6.07) is 11.7. The van der Waals surface area contributed by atoms with Gasteiger partial charge in [-0.1, -0.05) is 23.7 Å². The normalized spacial score (nSPS) is 16.2. The average molecular weight is 345 g/mol. The lowest BCUT2D eigenvalue weighted by Crippen LogP contribution is -2.50. The van der Waals surface area contributed by atoms with Crippen molar-refractivity contribution >= 4 is 17.5 Å². The number of nitrogens with zero attached hydrogens (tertiary/aromatic N) is 4. The van der Waals surface area contributed by atoms with Crippen LogP contribution in [0.2, 0.25) is 5.02 Å². The first-order chi connectivity index (χ1) is 11.6. The quantitative estimate of drug-likeness (QED) is 0.794. The number of hydrogen-bond acceptors (Lipinski definition) is 4. The molecule has 1 atom stereocenters. The predicted molar refractivity (Wildman–Crippen MR) is 92.1 cm³/mol. The number of benzene rings is 1. The zero-order valence-corrected chi connectivity index (χ0v) is 14.4. The first-order valence-corrected chi connectivity index (χ1v) is 8.51. The van der Waals surface area contributed by atoms with E-state index in [1.165, 1.54) is 0 Å². The first-order valence-electron chi connectivity index (χ1n) is 8.13. The Bertz CT molecular complexity index is 641. The van der Waals surface area contributed by atoms with Crippen LogP contribution in [0.3, 0.4) is 0 Å². The third-order valence-corrected chi connectivity index (χ3v) is 4.47. The van der Waals surface area contributed by atoms with E-state index < -0.39 is 0 Å². The fourth-order valence-electron chi connectivity index (χ4n) is 2.86. The largest absolute Gasteiger partial charge is 0.340 e. The van der Waals surface area contributed by atoms with E-state index in [4.69, 9.17) is 22.1 Å². The molecule has 0 unspecified atom stereocenters. The van der Waals surface area contributed by atoms with Gasteiger partial charge in [-0.05, 0) is 24.1 Å². The number of carbonyl (C=O) groups is 1. The van der Waals surface area contributed by atoms with Crippen molar-refractivity contribution in [2.24, 2.45) is 5.92 Å². The predicted octanol–water partition coefficient (Wildman–Crippen LogP) is 2.47. The summed E-state index contributed by atoms with van der Waals surface area (Å²) in [6.07, 6.45) is 1.39. The molecule has 5 nitrogen and oxygen atoms in total. The molecule has 1 aliphatic heterocycles. The summed E-state index contributed by atoms with van der Waals surface area (Å²) in [4.78, 5) is 16.5. The number of halogens is 1. The van der Waals surface area contributed by atoms with Crippen LogP contribution in [0, 0.1) is 28.6 Å². The molecule has 1 heterocycles. The van der Waals surface area contributed by atoms with E-state index in [9.17, 15) is 4.79 Å². The SMILES string of the molecule is N#CCC[C@H](C#N)CN1CCN(C(=O)Cc2cccc(Cl)c2)CC1. The van der Waals surface area contributed by atoms with Gasteiger partial charge >= 0.3 is 0 Å². The molecule has 1 fully saturated rings. The summed E-state index contributed by atoms with van der Waals surface area (Å²) in [5, 5.41) is 18.4. The first kappa shape index (κ1) is 18.3. The van der Waals surface area contributed by atoms with Crippen LogP contribution in [0.15, 0.2) is 24.3 Å². The highest BCUT2D eigenvalue weighted by Gasteiger charge is 2.23. The zero-order valence-electron chi connectivity index (χ0n) is 13.6. The summed E-state index contributed by atoms with van der Waals surface area (Å²) in [7, 11) is 0. The maximum absolute atomic E-state index is 12.4. The topological polar surface area (TPSA) is 71.1 Å². The van der Waals surface area contributed by atoms with Crippen LogP contribution in [0.25, 0.3) is 0 Å². The van der Waals surface area contributed by atoms with Crippen molar-refractivity contribution in [1.29, 1.82) is 10.5 Å². The van der Waals surface area contributed by atoms with Crippen molar-refractivity contribution in [1.82, 2.24) is 9.80 Å². The molecular formula is C18H21ClN4O. The highest BCUT2D eigenvalue weighted by Crippen LogP contribution is 2.14. The Balaban J connectivity index is 1.78. The molecule has 0 spiro atoms. The van der Waals surface area contributed by atoms with E-state index in [2.05, 4.69) is 17.0 Å². The van der Waals surface area contributed by atoms with Gasteiger partial charge in [-0.2, -0.15) is 10.5 Å². The molecule has 1 aliphatic rings. The van der Waals surface area contributed by atoms with E-state index >= 15 is 0 Å². The maximum atomic E-state index is 12.4. The Kier molecular flexibility index (Phi) is 7.06. The second kappa shape index (κ2) is 9.27. The van der Waals surface area contributed by atoms with Gasteiger partial charge in [-0.3, -0.25) is 9.69 Å². The minimum Gasteiger partial charge on any atom is -0.340 e. The molecule has 0 radical (unpaired) electrons. The fourth-order valence-corrected chi connectivity index (χ4v) is 3.07. The van der Waals surface area contributed by atoms with Crippen molar-refractivity contribution in [3.05, 3.63) is 34.9 Å². The van der Waals surface area contributed by atoms with Gasteiger partial charge < -0.3 is 4.90 Å². The Hall–Kier alpha value is -2.08. The summed E-state index contributed by atoms with van der Waals surface area (Å²) in [6.45, 7) is 3.57. The van der Waals surface area contributed by atoms with Gasteiger partial charge in [0.1, 0.15) is 0 Å². The van der Waals surface area contributed by atoms with Gasteiger partial charge in [0.25, 0.3) is 0 Å². The van der Waals surface area contributed by atoms with Crippen LogP contribution in [0.5, 0.6) is 0 Å². The van der Waals surface area contributed by atoms with Crippen molar-refractivity contribution in [3.8, 4) is 12.1 Å². The smallest absolute Gasteiger partial charge is 0.227 e. The number of hydrogen-bond donors (Lipinski definition) is 0. The minimum absolute atomic E-state index is 0.109. The molecule has 0 bridgehead atoms. The molecule has 1 amide bonds. The summed E-state index contributed by atoms with van der Waals surface area (Å²) >= 11 is 5.95. The van der Waals surface area contributed by atoms with Crippen LogP contribution in [0.1, 0.15) is 18.4 Å². The molecule has 1 aromatic rings. The summed E-state index contributed by atoms with van der Waals surface area (Å²) in [5.41, 5.74) is 0.927. The van der Waals surface area contributed by atoms with Crippen LogP contribution in [0.4, 0.5) is 0 Å². The molecule has 0 aromatic heterocycles. The molecule has 2 rings (SSSR count). The lowest BCUT2D eigenvalue weighted by Gasteiger charge is -2.35. The lowest BCUT2D eigenvalue weighted by atomic mass is 10.0.